The van der Waals surface area contributed by atoms with E-state index >= 15 is 0 Å². The first-order chi connectivity index (χ1) is 9.13. The van der Waals surface area contributed by atoms with Crippen molar-refractivity contribution in [2.45, 2.75) is 0 Å². The first-order valence-electron chi connectivity index (χ1n) is 5.69. The third kappa shape index (κ3) is 2.79. The van der Waals surface area contributed by atoms with Crippen molar-refractivity contribution in [1.29, 1.82) is 0 Å². The van der Waals surface area contributed by atoms with Crippen LogP contribution in [0.5, 0.6) is 0 Å². The fourth-order valence-electron chi connectivity index (χ4n) is 1.82. The summed E-state index contributed by atoms with van der Waals surface area (Å²) in [6, 6.07) is 1.38. The van der Waals surface area contributed by atoms with Crippen molar-refractivity contribution in [2.75, 3.05) is 38.3 Å². The number of esters is 1. The molecule has 8 nitrogen and oxygen atoms in total. The minimum absolute atomic E-state index is 0.0935. The summed E-state index contributed by atoms with van der Waals surface area (Å²) in [6.07, 6.45) is 1.08. The summed E-state index contributed by atoms with van der Waals surface area (Å²) >= 11 is 0. The lowest BCUT2D eigenvalue weighted by molar-refractivity contribution is -0.385. The predicted molar refractivity (Wildman–Crippen MR) is 65.3 cm³/mol. The summed E-state index contributed by atoms with van der Waals surface area (Å²) in [5, 5.41) is 10.9. The van der Waals surface area contributed by atoms with Crippen LogP contribution in [0.4, 0.5) is 11.5 Å². The molecule has 0 radical (unpaired) electrons. The van der Waals surface area contributed by atoms with Gasteiger partial charge in [0.05, 0.1) is 25.2 Å². The summed E-state index contributed by atoms with van der Waals surface area (Å²) in [5.41, 5.74) is -0.451. The summed E-state index contributed by atoms with van der Waals surface area (Å²) in [5.74, 6) is -0.238. The molecule has 2 heterocycles. The maximum absolute atomic E-state index is 11.6. The Kier molecular flexibility index (Phi) is 3.91. The van der Waals surface area contributed by atoms with Gasteiger partial charge in [-0.15, -0.1) is 0 Å². The number of ether oxygens (including phenoxy) is 2. The van der Waals surface area contributed by atoms with Crippen LogP contribution in [0.2, 0.25) is 0 Å². The fourth-order valence-corrected chi connectivity index (χ4v) is 1.82. The van der Waals surface area contributed by atoms with Crippen LogP contribution in [-0.2, 0) is 9.47 Å². The highest BCUT2D eigenvalue weighted by molar-refractivity contribution is 5.94. The quantitative estimate of drug-likeness (QED) is 0.450. The third-order valence-electron chi connectivity index (χ3n) is 2.81. The minimum Gasteiger partial charge on any atom is -0.465 e. The molecule has 1 aliphatic rings. The second-order valence-electron chi connectivity index (χ2n) is 3.91. The molecule has 102 valence electrons. The van der Waals surface area contributed by atoms with Crippen molar-refractivity contribution in [1.82, 2.24) is 4.98 Å². The average molecular weight is 267 g/mol. The number of anilines is 1. The first-order valence-corrected chi connectivity index (χ1v) is 5.69. The molecule has 1 aromatic heterocycles. The Bertz CT molecular complexity index is 499. The molecule has 8 heteroatoms. The zero-order valence-electron chi connectivity index (χ0n) is 10.4. The van der Waals surface area contributed by atoms with Crippen molar-refractivity contribution >= 4 is 17.5 Å². The maximum atomic E-state index is 11.6. The van der Waals surface area contributed by atoms with Crippen LogP contribution in [-0.4, -0.2) is 49.3 Å². The van der Waals surface area contributed by atoms with Gasteiger partial charge in [-0.25, -0.2) is 9.78 Å². The number of nitro groups is 1. The normalized spacial score (nSPS) is 15.1. The molecule has 0 unspecified atom stereocenters. The van der Waals surface area contributed by atoms with Crippen LogP contribution < -0.4 is 4.90 Å². The van der Waals surface area contributed by atoms with Gasteiger partial charge in [-0.1, -0.05) is 0 Å². The molecule has 19 heavy (non-hydrogen) atoms. The Labute approximate surface area is 109 Å². The van der Waals surface area contributed by atoms with Crippen LogP contribution >= 0.6 is 0 Å². The van der Waals surface area contributed by atoms with Gasteiger partial charge < -0.3 is 14.4 Å². The van der Waals surface area contributed by atoms with E-state index in [1.165, 1.54) is 13.2 Å². The molecule has 1 fully saturated rings. The molecule has 1 saturated heterocycles. The van der Waals surface area contributed by atoms with Gasteiger partial charge in [-0.2, -0.15) is 0 Å². The Morgan fingerprint density at radius 1 is 1.53 bits per heavy atom. The highest BCUT2D eigenvalue weighted by Crippen LogP contribution is 2.23. The first kappa shape index (κ1) is 13.2. The van der Waals surface area contributed by atoms with E-state index in [1.807, 2.05) is 4.90 Å². The van der Waals surface area contributed by atoms with Crippen molar-refractivity contribution in [3.05, 3.63) is 27.9 Å². The van der Waals surface area contributed by atoms with E-state index in [9.17, 15) is 14.9 Å². The van der Waals surface area contributed by atoms with E-state index in [0.29, 0.717) is 32.1 Å². The van der Waals surface area contributed by atoms with Crippen molar-refractivity contribution < 1.29 is 19.2 Å². The largest absolute Gasteiger partial charge is 0.465 e. The van der Waals surface area contributed by atoms with Gasteiger partial charge in [0.25, 0.3) is 0 Å². The van der Waals surface area contributed by atoms with E-state index in [0.717, 1.165) is 6.20 Å². The Balaban J connectivity index is 2.36. The standard InChI is InChI=1S/C11H13N3O5/c1-18-11(15)8-6-10(12-7-9(8)14(16)17)13-2-4-19-5-3-13/h6-7H,2-5H2,1H3. The van der Waals surface area contributed by atoms with Crippen LogP contribution in [0.15, 0.2) is 12.3 Å². The van der Waals surface area contributed by atoms with Crippen molar-refractivity contribution in [3.8, 4) is 0 Å². The van der Waals surface area contributed by atoms with E-state index in [2.05, 4.69) is 9.72 Å². The maximum Gasteiger partial charge on any atom is 0.345 e. The molecule has 0 saturated carbocycles. The van der Waals surface area contributed by atoms with Crippen LogP contribution in [0.1, 0.15) is 10.4 Å². The molecule has 0 N–H and O–H groups in total. The molecule has 0 atom stereocenters. The number of methoxy groups -OCH3 is 1. The monoisotopic (exact) mass is 267 g/mol. The molecular weight excluding hydrogens is 254 g/mol. The van der Waals surface area contributed by atoms with Gasteiger partial charge in [-0.05, 0) is 0 Å². The lowest BCUT2D eigenvalue weighted by Crippen LogP contribution is -2.36. The zero-order chi connectivity index (χ0) is 13.8. The van der Waals surface area contributed by atoms with Crippen molar-refractivity contribution in [3.63, 3.8) is 0 Å². The predicted octanol–water partition coefficient (Wildman–Crippen LogP) is 0.613. The molecule has 0 aliphatic carbocycles. The van der Waals surface area contributed by atoms with Crippen LogP contribution in [0.3, 0.4) is 0 Å². The highest BCUT2D eigenvalue weighted by atomic mass is 16.6. The number of hydrogen-bond acceptors (Lipinski definition) is 7. The molecule has 0 spiro atoms. The number of rotatable bonds is 3. The van der Waals surface area contributed by atoms with E-state index < -0.39 is 10.9 Å². The number of nitrogens with zero attached hydrogens (tertiary/aromatic N) is 3. The Hall–Kier alpha value is -2.22. The van der Waals surface area contributed by atoms with E-state index in [1.54, 1.807) is 0 Å². The number of carbonyl (C=O) groups is 1. The third-order valence-corrected chi connectivity index (χ3v) is 2.81. The topological polar surface area (TPSA) is 94.8 Å². The lowest BCUT2D eigenvalue weighted by Gasteiger charge is -2.27. The number of pyridine rings is 1. The second-order valence-corrected chi connectivity index (χ2v) is 3.91. The minimum atomic E-state index is -0.747. The lowest BCUT2D eigenvalue weighted by atomic mass is 10.2. The van der Waals surface area contributed by atoms with E-state index in [-0.39, 0.29) is 11.3 Å². The molecule has 0 amide bonds. The van der Waals surface area contributed by atoms with Crippen molar-refractivity contribution in [2.24, 2.45) is 0 Å². The summed E-state index contributed by atoms with van der Waals surface area (Å²) < 4.78 is 9.77. The van der Waals surface area contributed by atoms with Gasteiger partial charge in [0.2, 0.25) is 0 Å². The van der Waals surface area contributed by atoms with Crippen LogP contribution in [0, 0.1) is 10.1 Å². The Morgan fingerprint density at radius 3 is 2.79 bits per heavy atom. The Morgan fingerprint density at radius 2 is 2.21 bits per heavy atom. The highest BCUT2D eigenvalue weighted by Gasteiger charge is 2.24. The molecule has 1 aliphatic heterocycles. The molecule has 1 aromatic rings. The average Bonchev–Trinajstić information content (AvgIpc) is 2.46. The molecule has 2 rings (SSSR count). The molecular formula is C11H13N3O5. The number of morpholine rings is 1. The number of hydrogen-bond donors (Lipinski definition) is 0. The molecule has 0 aromatic carbocycles. The number of aromatic nitrogens is 1. The zero-order valence-corrected chi connectivity index (χ0v) is 10.4. The van der Waals surface area contributed by atoms with E-state index in [4.69, 9.17) is 4.74 Å². The second kappa shape index (κ2) is 5.61. The summed E-state index contributed by atoms with van der Waals surface area (Å²) in [4.78, 5) is 27.7. The fraction of sp³-hybridized carbons (Fsp3) is 0.455. The smallest absolute Gasteiger partial charge is 0.345 e. The SMILES string of the molecule is COC(=O)c1cc(N2CCOCC2)ncc1[N+](=O)[O-]. The van der Waals surface area contributed by atoms with Gasteiger partial charge in [0.1, 0.15) is 17.6 Å². The van der Waals surface area contributed by atoms with Gasteiger partial charge in [-0.3, -0.25) is 10.1 Å². The van der Waals surface area contributed by atoms with Gasteiger partial charge in [0, 0.05) is 19.2 Å². The van der Waals surface area contributed by atoms with Crippen LogP contribution in [0.25, 0.3) is 0 Å². The summed E-state index contributed by atoms with van der Waals surface area (Å²) in [6.45, 7) is 2.38. The van der Waals surface area contributed by atoms with Gasteiger partial charge in [0.15, 0.2) is 0 Å². The van der Waals surface area contributed by atoms with Gasteiger partial charge >= 0.3 is 11.7 Å². The number of carbonyl (C=O) groups excluding carboxylic acids is 1. The summed E-state index contributed by atoms with van der Waals surface area (Å²) in [7, 11) is 1.18. The molecule has 0 bridgehead atoms.